The molecule has 0 saturated heterocycles. The maximum Gasteiger partial charge on any atom is 0.414 e. The fourth-order valence-corrected chi connectivity index (χ4v) is 3.60. The molecule has 46 heavy (non-hydrogen) atoms. The van der Waals surface area contributed by atoms with Crippen LogP contribution in [0.3, 0.4) is 0 Å². The van der Waals surface area contributed by atoms with Gasteiger partial charge in [-0.25, -0.2) is 28.2 Å². The fraction of sp³-hybridized carbons (Fsp3) is 0.303. The molecule has 13 heteroatoms. The lowest BCUT2D eigenvalue weighted by atomic mass is 10.1. The van der Waals surface area contributed by atoms with Crippen LogP contribution in [0.2, 0.25) is 0 Å². The molecule has 0 radical (unpaired) electrons. The smallest absolute Gasteiger partial charge is 0.414 e. The van der Waals surface area contributed by atoms with E-state index in [1.54, 1.807) is 71.9 Å². The van der Waals surface area contributed by atoms with Gasteiger partial charge in [-0.3, -0.25) is 15.4 Å². The summed E-state index contributed by atoms with van der Waals surface area (Å²) in [4.78, 5) is 53.6. The van der Waals surface area contributed by atoms with E-state index in [2.05, 4.69) is 15.6 Å². The Bertz CT molecular complexity index is 1540. The highest BCUT2D eigenvalue weighted by Gasteiger charge is 2.22. The third-order valence-corrected chi connectivity index (χ3v) is 5.47. The van der Waals surface area contributed by atoms with Gasteiger partial charge in [-0.05, 0) is 71.4 Å². The van der Waals surface area contributed by atoms with E-state index in [1.165, 1.54) is 24.3 Å². The third-order valence-electron chi connectivity index (χ3n) is 5.47. The van der Waals surface area contributed by atoms with Crippen molar-refractivity contribution >= 4 is 35.8 Å². The topological polar surface area (TPSA) is 142 Å². The average Bonchev–Trinajstić information content (AvgIpc) is 2.92. The summed E-state index contributed by atoms with van der Waals surface area (Å²) in [5, 5.41) is 4.67. The van der Waals surface area contributed by atoms with Gasteiger partial charge in [0.2, 0.25) is 5.96 Å². The minimum Gasteiger partial charge on any atom is -0.461 e. The number of benzene rings is 3. The molecule has 11 nitrogen and oxygen atoms in total. The number of hydrogen-bond donors (Lipinski definition) is 2. The normalized spacial score (nSPS) is 11.1. The lowest BCUT2D eigenvalue weighted by molar-refractivity contribution is -0.144. The van der Waals surface area contributed by atoms with Crippen molar-refractivity contribution in [2.75, 3.05) is 0 Å². The summed E-state index contributed by atoms with van der Waals surface area (Å²) in [5.41, 5.74) is -1.28. The van der Waals surface area contributed by atoms with E-state index in [9.17, 15) is 28.0 Å². The number of nitrogens with one attached hydrogen (secondary N) is 2. The second-order valence-corrected chi connectivity index (χ2v) is 11.8. The molecule has 0 atom stereocenters. The summed E-state index contributed by atoms with van der Waals surface area (Å²) in [6.45, 7) is 9.89. The van der Waals surface area contributed by atoms with Crippen molar-refractivity contribution in [3.8, 4) is 5.75 Å². The number of carbonyl (C=O) groups is 4. The molecule has 3 aromatic rings. The Morgan fingerprint density at radius 2 is 1.28 bits per heavy atom. The van der Waals surface area contributed by atoms with Gasteiger partial charge in [0.15, 0.2) is 0 Å². The molecule has 0 fully saturated rings. The van der Waals surface area contributed by atoms with E-state index in [-0.39, 0.29) is 23.8 Å². The van der Waals surface area contributed by atoms with Crippen molar-refractivity contribution in [2.45, 2.75) is 65.8 Å². The van der Waals surface area contributed by atoms with Crippen molar-refractivity contribution in [2.24, 2.45) is 4.99 Å². The van der Waals surface area contributed by atoms with Gasteiger partial charge < -0.3 is 18.9 Å². The van der Waals surface area contributed by atoms with E-state index in [1.807, 2.05) is 0 Å². The summed E-state index contributed by atoms with van der Waals surface area (Å²) in [7, 11) is 0. The highest BCUT2D eigenvalue weighted by Crippen LogP contribution is 2.23. The molecule has 0 spiro atoms. The van der Waals surface area contributed by atoms with Crippen LogP contribution in [0.15, 0.2) is 71.7 Å². The summed E-state index contributed by atoms with van der Waals surface area (Å²) in [5.74, 6) is -4.69. The van der Waals surface area contributed by atoms with Gasteiger partial charge in [0.25, 0.3) is 0 Å². The number of esters is 2. The predicted molar refractivity (Wildman–Crippen MR) is 164 cm³/mol. The Morgan fingerprint density at radius 1 is 0.761 bits per heavy atom. The Morgan fingerprint density at radius 3 is 1.78 bits per heavy atom. The molecule has 0 aliphatic carbocycles. The molecule has 0 heterocycles. The first kappa shape index (κ1) is 35.2. The van der Waals surface area contributed by atoms with Crippen LogP contribution in [0.5, 0.6) is 5.75 Å². The molecule has 0 unspecified atom stereocenters. The monoisotopic (exact) mass is 639 g/mol. The molecular weight excluding hydrogens is 604 g/mol. The van der Waals surface area contributed by atoms with Crippen LogP contribution in [-0.2, 0) is 32.0 Å². The average molecular weight is 640 g/mol. The van der Waals surface area contributed by atoms with Gasteiger partial charge >= 0.3 is 24.1 Å². The number of nitrogens with zero attached hydrogens (tertiary/aromatic N) is 1. The van der Waals surface area contributed by atoms with Crippen LogP contribution >= 0.6 is 0 Å². The number of amides is 2. The van der Waals surface area contributed by atoms with Crippen LogP contribution < -0.4 is 15.4 Å². The van der Waals surface area contributed by atoms with E-state index in [0.29, 0.717) is 5.56 Å². The fourth-order valence-electron chi connectivity index (χ4n) is 3.60. The lowest BCUT2D eigenvalue weighted by Gasteiger charge is -2.22. The Balaban J connectivity index is 1.68. The molecule has 2 N–H and O–H groups in total. The SMILES string of the molecule is CC(C)(C)OC(=O)NC(=Nc1ccc(C(=O)Oc2cc(F)c(CC(=O)OCc3ccccc3)c(F)c2)cc1)NC(=O)OC(C)(C)C. The second kappa shape index (κ2) is 15.1. The van der Waals surface area contributed by atoms with E-state index >= 15 is 0 Å². The maximum atomic E-state index is 14.7. The van der Waals surface area contributed by atoms with Crippen molar-refractivity contribution in [3.05, 3.63) is 95.1 Å². The summed E-state index contributed by atoms with van der Waals surface area (Å²) in [6.07, 6.45) is -2.44. The number of halogens is 2. The van der Waals surface area contributed by atoms with Crippen molar-refractivity contribution in [1.29, 1.82) is 0 Å². The largest absolute Gasteiger partial charge is 0.461 e. The highest BCUT2D eigenvalue weighted by molar-refractivity contribution is 6.02. The molecule has 0 bridgehead atoms. The predicted octanol–water partition coefficient (Wildman–Crippen LogP) is 6.51. The molecular formula is C33H35F2N3O8. The zero-order valence-electron chi connectivity index (χ0n) is 26.2. The minimum absolute atomic E-state index is 0.00455. The quantitative estimate of drug-likeness (QED) is 0.0981. The first-order valence-electron chi connectivity index (χ1n) is 14.1. The molecule has 0 aliphatic heterocycles. The number of aliphatic imine (C=N–C) groups is 1. The number of alkyl carbamates (subject to hydrolysis) is 2. The van der Waals surface area contributed by atoms with Crippen LogP contribution in [0.1, 0.15) is 63.0 Å². The van der Waals surface area contributed by atoms with E-state index < -0.39 is 64.7 Å². The number of rotatable bonds is 7. The lowest BCUT2D eigenvalue weighted by Crippen LogP contribution is -2.47. The van der Waals surface area contributed by atoms with Crippen LogP contribution in [0.4, 0.5) is 24.1 Å². The van der Waals surface area contributed by atoms with Crippen molar-refractivity contribution < 1.29 is 46.9 Å². The minimum atomic E-state index is -1.09. The first-order chi connectivity index (χ1) is 21.5. The number of guanidine groups is 1. The molecule has 0 aliphatic rings. The molecule has 3 aromatic carbocycles. The van der Waals surface area contributed by atoms with Gasteiger partial charge in [0.05, 0.1) is 17.7 Å². The second-order valence-electron chi connectivity index (χ2n) is 11.8. The Hall–Kier alpha value is -5.33. The maximum absolute atomic E-state index is 14.7. The Labute approximate surface area is 264 Å². The van der Waals surface area contributed by atoms with Gasteiger partial charge in [-0.2, -0.15) is 0 Å². The van der Waals surface area contributed by atoms with E-state index in [0.717, 1.165) is 12.1 Å². The van der Waals surface area contributed by atoms with Gasteiger partial charge in [-0.15, -0.1) is 0 Å². The summed E-state index contributed by atoms with van der Waals surface area (Å²) >= 11 is 0. The summed E-state index contributed by atoms with van der Waals surface area (Å²) < 4.78 is 50.0. The zero-order valence-corrected chi connectivity index (χ0v) is 26.2. The zero-order chi connectivity index (χ0) is 34.1. The molecule has 0 aromatic heterocycles. The molecule has 2 amide bonds. The molecule has 0 saturated carbocycles. The Kier molecular flexibility index (Phi) is 11.5. The van der Waals surface area contributed by atoms with Gasteiger partial charge in [-0.1, -0.05) is 30.3 Å². The number of hydrogen-bond acceptors (Lipinski definition) is 9. The number of ether oxygens (including phenoxy) is 4. The van der Waals surface area contributed by atoms with Gasteiger partial charge in [0, 0.05) is 17.7 Å². The van der Waals surface area contributed by atoms with Crippen LogP contribution in [0, 0.1) is 11.6 Å². The van der Waals surface area contributed by atoms with Crippen molar-refractivity contribution in [3.63, 3.8) is 0 Å². The standard InChI is InChI=1S/C33H35F2N3O8/c1-32(2,3)45-30(41)37-29(38-31(42)46-33(4,5)6)36-22-14-12-21(13-15-22)28(40)44-23-16-25(34)24(26(35)17-23)18-27(39)43-19-20-10-8-7-9-11-20/h7-17H,18-19H2,1-6H3,(H2,36,37,38,41,42). The first-order valence-corrected chi connectivity index (χ1v) is 14.1. The third kappa shape index (κ3) is 12.0. The molecule has 3 rings (SSSR count). The molecule has 244 valence electrons. The van der Waals surface area contributed by atoms with Gasteiger partial charge in [0.1, 0.15) is 35.2 Å². The highest BCUT2D eigenvalue weighted by atomic mass is 19.1. The summed E-state index contributed by atoms with van der Waals surface area (Å²) in [6, 6.07) is 15.7. The van der Waals surface area contributed by atoms with Crippen LogP contribution in [-0.4, -0.2) is 41.3 Å². The van der Waals surface area contributed by atoms with E-state index in [4.69, 9.17) is 18.9 Å². The van der Waals surface area contributed by atoms with Crippen molar-refractivity contribution in [1.82, 2.24) is 10.6 Å². The van der Waals surface area contributed by atoms with Crippen LogP contribution in [0.25, 0.3) is 0 Å². The number of carbonyl (C=O) groups excluding carboxylic acids is 4.